The molecule has 3 aromatic heterocycles. The number of fused-ring (bicyclic) bond motifs is 6. The number of aromatic amines is 2. The van der Waals surface area contributed by atoms with Crippen LogP contribution in [0.5, 0.6) is 0 Å². The first-order valence-electron chi connectivity index (χ1n) is 11.9. The van der Waals surface area contributed by atoms with Crippen LogP contribution in [0.4, 0.5) is 0 Å². The second-order valence-electron chi connectivity index (χ2n) is 9.56. The Bertz CT molecular complexity index is 1590. The number of nitrogens with zero attached hydrogens (tertiary/aromatic N) is 2. The summed E-state index contributed by atoms with van der Waals surface area (Å²) in [7, 11) is 0. The van der Waals surface area contributed by atoms with Gasteiger partial charge >= 0.3 is 0 Å². The minimum Gasteiger partial charge on any atom is -0.351 e. The molecule has 6 heteroatoms. The van der Waals surface area contributed by atoms with Crippen LogP contribution in [0.15, 0.2) is 36.4 Å². The number of H-pyrrole nitrogens is 2. The quantitative estimate of drug-likeness (QED) is 0.358. The third kappa shape index (κ3) is 2.97. The van der Waals surface area contributed by atoms with Crippen LogP contribution >= 0.6 is 0 Å². The minimum absolute atomic E-state index is 0.0101. The predicted octanol–water partition coefficient (Wildman–Crippen LogP) is 5.34. The van der Waals surface area contributed by atoms with Gasteiger partial charge in [0.1, 0.15) is 5.69 Å². The third-order valence-electron chi connectivity index (χ3n) is 7.24. The Hall–Kier alpha value is -3.67. The van der Waals surface area contributed by atoms with Crippen LogP contribution < -0.4 is 5.32 Å². The van der Waals surface area contributed by atoms with E-state index in [-0.39, 0.29) is 5.91 Å². The molecule has 1 saturated carbocycles. The van der Waals surface area contributed by atoms with Crippen LogP contribution in [0.1, 0.15) is 53.0 Å². The topological polar surface area (TPSA) is 86.5 Å². The molecule has 0 aliphatic heterocycles. The lowest BCUT2D eigenvalue weighted by Gasteiger charge is -2.22. The number of amides is 1. The van der Waals surface area contributed by atoms with Crippen molar-refractivity contribution in [2.45, 2.75) is 51.5 Å². The van der Waals surface area contributed by atoms with E-state index in [4.69, 9.17) is 4.98 Å². The number of nitrogens with one attached hydrogen (secondary N) is 3. The van der Waals surface area contributed by atoms with Crippen molar-refractivity contribution in [3.63, 3.8) is 0 Å². The molecule has 6 nitrogen and oxygen atoms in total. The zero-order valence-corrected chi connectivity index (χ0v) is 18.6. The van der Waals surface area contributed by atoms with Gasteiger partial charge < -0.3 is 10.3 Å². The molecule has 0 saturated heterocycles. The van der Waals surface area contributed by atoms with E-state index in [0.29, 0.717) is 11.7 Å². The number of carbonyl (C=O) groups is 1. The molecule has 3 heterocycles. The highest BCUT2D eigenvalue weighted by atomic mass is 16.2. The van der Waals surface area contributed by atoms with Crippen LogP contribution in [-0.2, 0) is 12.8 Å². The van der Waals surface area contributed by atoms with Gasteiger partial charge in [0.25, 0.3) is 5.91 Å². The van der Waals surface area contributed by atoms with Gasteiger partial charge in [-0.2, -0.15) is 5.10 Å². The largest absolute Gasteiger partial charge is 0.351 e. The molecule has 0 spiro atoms. The Morgan fingerprint density at radius 1 is 1.00 bits per heavy atom. The van der Waals surface area contributed by atoms with E-state index >= 15 is 0 Å². The zero-order chi connectivity index (χ0) is 22.1. The van der Waals surface area contributed by atoms with Crippen LogP contribution in [0.2, 0.25) is 0 Å². The lowest BCUT2D eigenvalue weighted by atomic mass is 9.85. The first-order chi connectivity index (χ1) is 16.2. The fraction of sp³-hybridized carbons (Fsp3) is 0.296. The highest BCUT2D eigenvalue weighted by molar-refractivity contribution is 6.11. The van der Waals surface area contributed by atoms with Crippen molar-refractivity contribution < 1.29 is 4.79 Å². The number of aromatic nitrogens is 4. The summed E-state index contributed by atoms with van der Waals surface area (Å²) in [5.41, 5.74) is 9.67. The van der Waals surface area contributed by atoms with Crippen molar-refractivity contribution in [2.24, 2.45) is 0 Å². The number of hydrogen-bond acceptors (Lipinski definition) is 3. The van der Waals surface area contributed by atoms with E-state index in [9.17, 15) is 4.79 Å². The molecule has 3 N–H and O–H groups in total. The molecule has 2 aliphatic rings. The molecule has 5 aromatic rings. The SMILES string of the molecule is Cc1[nH]nc2ccc(-c3nc4ccc5[nH]c(C(=O)NC6CC6)cc5c4c4c3CCCC4)cc12. The van der Waals surface area contributed by atoms with Crippen molar-refractivity contribution in [3.05, 3.63) is 58.9 Å². The van der Waals surface area contributed by atoms with Crippen molar-refractivity contribution in [1.29, 1.82) is 0 Å². The Morgan fingerprint density at radius 2 is 1.82 bits per heavy atom. The van der Waals surface area contributed by atoms with Crippen LogP contribution in [-0.4, -0.2) is 32.1 Å². The molecule has 2 aromatic carbocycles. The van der Waals surface area contributed by atoms with Gasteiger partial charge in [0.2, 0.25) is 0 Å². The molecule has 1 fully saturated rings. The normalized spacial score (nSPS) is 15.9. The van der Waals surface area contributed by atoms with Gasteiger partial charge in [-0.05, 0) is 86.9 Å². The second-order valence-corrected chi connectivity index (χ2v) is 9.56. The Balaban J connectivity index is 1.45. The molecular weight excluding hydrogens is 410 g/mol. The first kappa shape index (κ1) is 18.9. The third-order valence-corrected chi connectivity index (χ3v) is 7.24. The zero-order valence-electron chi connectivity index (χ0n) is 18.6. The van der Waals surface area contributed by atoms with E-state index in [0.717, 1.165) is 70.0 Å². The average Bonchev–Trinajstić information content (AvgIpc) is 3.42. The summed E-state index contributed by atoms with van der Waals surface area (Å²) in [5.74, 6) is -0.0101. The van der Waals surface area contributed by atoms with Crippen molar-refractivity contribution in [2.75, 3.05) is 0 Å². The number of aryl methyl sites for hydroxylation is 2. The molecular formula is C27H25N5O. The summed E-state index contributed by atoms with van der Waals surface area (Å²) in [6.07, 6.45) is 6.60. The lowest BCUT2D eigenvalue weighted by Crippen LogP contribution is -2.25. The van der Waals surface area contributed by atoms with Gasteiger partial charge in [0, 0.05) is 39.0 Å². The molecule has 0 unspecified atom stereocenters. The highest BCUT2D eigenvalue weighted by Crippen LogP contribution is 2.39. The molecule has 0 radical (unpaired) electrons. The number of benzene rings is 2. The molecule has 2 aliphatic carbocycles. The summed E-state index contributed by atoms with van der Waals surface area (Å²) in [6, 6.07) is 12.9. The van der Waals surface area contributed by atoms with Crippen molar-refractivity contribution in [3.8, 4) is 11.3 Å². The fourth-order valence-corrected chi connectivity index (χ4v) is 5.37. The summed E-state index contributed by atoms with van der Waals surface area (Å²) in [6.45, 7) is 2.06. The van der Waals surface area contributed by atoms with Crippen molar-refractivity contribution in [1.82, 2.24) is 25.5 Å². The lowest BCUT2D eigenvalue weighted by molar-refractivity contribution is 0.0947. The van der Waals surface area contributed by atoms with Crippen LogP contribution in [0.25, 0.3) is 44.0 Å². The maximum absolute atomic E-state index is 12.7. The summed E-state index contributed by atoms with van der Waals surface area (Å²) in [4.78, 5) is 21.2. The smallest absolute Gasteiger partial charge is 0.267 e. The summed E-state index contributed by atoms with van der Waals surface area (Å²) in [5, 5.41) is 14.0. The Kier molecular flexibility index (Phi) is 3.95. The number of rotatable bonds is 3. The molecule has 1 amide bonds. The van der Waals surface area contributed by atoms with E-state index in [1.807, 2.05) is 6.07 Å². The van der Waals surface area contributed by atoms with Crippen LogP contribution in [0, 0.1) is 6.92 Å². The number of hydrogen-bond donors (Lipinski definition) is 3. The molecule has 164 valence electrons. The Labute approximate surface area is 190 Å². The Morgan fingerprint density at radius 3 is 2.67 bits per heavy atom. The predicted molar refractivity (Wildman–Crippen MR) is 131 cm³/mol. The minimum atomic E-state index is -0.0101. The van der Waals surface area contributed by atoms with Gasteiger partial charge in [0.05, 0.1) is 16.7 Å². The highest BCUT2D eigenvalue weighted by Gasteiger charge is 2.26. The second kappa shape index (κ2) is 6.91. The fourth-order valence-electron chi connectivity index (χ4n) is 5.37. The van der Waals surface area contributed by atoms with Gasteiger partial charge in [-0.1, -0.05) is 6.07 Å². The van der Waals surface area contributed by atoms with Gasteiger partial charge in [-0.3, -0.25) is 9.89 Å². The molecule has 0 atom stereocenters. The monoisotopic (exact) mass is 435 g/mol. The van der Waals surface area contributed by atoms with E-state index < -0.39 is 0 Å². The maximum Gasteiger partial charge on any atom is 0.267 e. The standard InChI is InChI=1S/C27H25N5O/c1-14-19-12-15(6-9-22(19)32-31-14)26-18-5-3-2-4-17(18)25-20-13-24(27(33)28-16-7-8-16)29-21(20)10-11-23(25)30-26/h6,9-13,16,29H,2-5,7-8H2,1H3,(H,28,33)(H,31,32). The van der Waals surface area contributed by atoms with E-state index in [2.05, 4.69) is 57.8 Å². The van der Waals surface area contributed by atoms with Gasteiger partial charge in [-0.15, -0.1) is 0 Å². The maximum atomic E-state index is 12.7. The molecule has 7 rings (SSSR count). The summed E-state index contributed by atoms with van der Waals surface area (Å²) >= 11 is 0. The van der Waals surface area contributed by atoms with Crippen LogP contribution in [0.3, 0.4) is 0 Å². The van der Waals surface area contributed by atoms with Crippen molar-refractivity contribution >= 4 is 38.6 Å². The van der Waals surface area contributed by atoms with E-state index in [1.54, 1.807) is 0 Å². The number of carbonyl (C=O) groups excluding carboxylic acids is 1. The van der Waals surface area contributed by atoms with E-state index in [1.165, 1.54) is 29.4 Å². The van der Waals surface area contributed by atoms with Gasteiger partial charge in [0.15, 0.2) is 0 Å². The molecule has 0 bridgehead atoms. The first-order valence-corrected chi connectivity index (χ1v) is 11.9. The summed E-state index contributed by atoms with van der Waals surface area (Å²) < 4.78 is 0. The van der Waals surface area contributed by atoms with Gasteiger partial charge in [-0.25, -0.2) is 4.98 Å². The number of pyridine rings is 1. The average molecular weight is 436 g/mol. The molecule has 33 heavy (non-hydrogen) atoms.